The maximum atomic E-state index is 13.2. The van der Waals surface area contributed by atoms with E-state index in [1.807, 2.05) is 6.92 Å². The van der Waals surface area contributed by atoms with Crippen LogP contribution in [0.3, 0.4) is 0 Å². The van der Waals surface area contributed by atoms with Crippen molar-refractivity contribution < 1.29 is 26.7 Å². The third-order valence-corrected chi connectivity index (χ3v) is 4.78. The molecule has 0 bridgehead atoms. The number of sulfonamides is 1. The predicted molar refractivity (Wildman–Crippen MR) is 99.4 cm³/mol. The monoisotopic (exact) mass is 398 g/mol. The van der Waals surface area contributed by atoms with Crippen molar-refractivity contribution in [3.63, 3.8) is 0 Å². The molecule has 0 saturated heterocycles. The van der Waals surface area contributed by atoms with Gasteiger partial charge in [-0.1, -0.05) is 0 Å². The molecule has 1 N–H and O–H groups in total. The van der Waals surface area contributed by atoms with Crippen LogP contribution in [0.2, 0.25) is 0 Å². The van der Waals surface area contributed by atoms with Gasteiger partial charge in [-0.15, -0.1) is 0 Å². The molecule has 0 spiro atoms. The number of carbonyl (C=O) groups excluding carboxylic acids is 1. The van der Waals surface area contributed by atoms with Gasteiger partial charge in [-0.25, -0.2) is 17.2 Å². The lowest BCUT2D eigenvalue weighted by molar-refractivity contribution is -0.116. The highest BCUT2D eigenvalue weighted by Gasteiger charge is 2.19. The van der Waals surface area contributed by atoms with E-state index in [1.165, 1.54) is 6.07 Å². The molecule has 0 aromatic heterocycles. The molecule has 0 aliphatic carbocycles. The van der Waals surface area contributed by atoms with Gasteiger partial charge >= 0.3 is 0 Å². The van der Waals surface area contributed by atoms with Crippen molar-refractivity contribution >= 4 is 27.3 Å². The molecule has 0 saturated carbocycles. The summed E-state index contributed by atoms with van der Waals surface area (Å²) in [4.78, 5) is 12.0. The fourth-order valence-corrected chi connectivity index (χ4v) is 3.29. The second-order valence-electron chi connectivity index (χ2n) is 5.69. The normalized spacial score (nSPS) is 11.1. The summed E-state index contributed by atoms with van der Waals surface area (Å²) in [5.41, 5.74) is 0.479. The number of benzene rings is 2. The van der Waals surface area contributed by atoms with Gasteiger partial charge in [-0.2, -0.15) is 0 Å². The third-order valence-electron chi connectivity index (χ3n) is 3.58. The Kier molecular flexibility index (Phi) is 6.73. The third kappa shape index (κ3) is 5.92. The second-order valence-corrected chi connectivity index (χ2v) is 7.60. The Morgan fingerprint density at radius 3 is 2.33 bits per heavy atom. The van der Waals surface area contributed by atoms with Crippen molar-refractivity contribution in [3.05, 3.63) is 54.1 Å². The van der Waals surface area contributed by atoms with Crippen LogP contribution in [0, 0.1) is 11.6 Å². The van der Waals surface area contributed by atoms with Crippen LogP contribution in [-0.4, -0.2) is 33.7 Å². The van der Waals surface area contributed by atoms with Gasteiger partial charge in [-0.05, 0) is 43.3 Å². The maximum absolute atomic E-state index is 13.2. The van der Waals surface area contributed by atoms with Crippen LogP contribution in [0.1, 0.15) is 13.3 Å². The molecule has 0 aliphatic rings. The van der Waals surface area contributed by atoms with Gasteiger partial charge in [0, 0.05) is 24.7 Å². The molecule has 2 aromatic rings. The molecular formula is C18H20F2N2O4S. The maximum Gasteiger partial charge on any atom is 0.232 e. The van der Waals surface area contributed by atoms with E-state index in [2.05, 4.69) is 5.32 Å². The number of nitrogens with one attached hydrogen (secondary N) is 1. The minimum atomic E-state index is -3.62. The summed E-state index contributed by atoms with van der Waals surface area (Å²) in [5.74, 6) is -2.03. The Balaban J connectivity index is 2.05. The lowest BCUT2D eigenvalue weighted by Gasteiger charge is -2.22. The average molecular weight is 398 g/mol. The van der Waals surface area contributed by atoms with E-state index in [1.54, 1.807) is 24.3 Å². The predicted octanol–water partition coefficient (Wildman–Crippen LogP) is 3.16. The van der Waals surface area contributed by atoms with E-state index < -0.39 is 27.6 Å². The minimum Gasteiger partial charge on any atom is -0.494 e. The molecule has 0 radical (unpaired) electrons. The van der Waals surface area contributed by atoms with Crippen molar-refractivity contribution in [3.8, 4) is 5.75 Å². The first-order valence-electron chi connectivity index (χ1n) is 8.16. The SMILES string of the molecule is CCOc1ccc(N(CCC(=O)Nc2ccc(F)c(F)c2)S(C)(=O)=O)cc1. The van der Waals surface area contributed by atoms with Crippen molar-refractivity contribution in [2.24, 2.45) is 0 Å². The molecule has 0 heterocycles. The number of hydrogen-bond acceptors (Lipinski definition) is 4. The summed E-state index contributed by atoms with van der Waals surface area (Å²) < 4.78 is 56.6. The first kappa shape index (κ1) is 20.6. The van der Waals surface area contributed by atoms with E-state index in [0.717, 1.165) is 22.7 Å². The van der Waals surface area contributed by atoms with Gasteiger partial charge in [0.2, 0.25) is 15.9 Å². The molecular weight excluding hydrogens is 378 g/mol. The minimum absolute atomic E-state index is 0.0888. The number of nitrogens with zero attached hydrogens (tertiary/aromatic N) is 1. The molecule has 6 nitrogen and oxygen atoms in total. The summed E-state index contributed by atoms with van der Waals surface area (Å²) in [6.07, 6.45) is 0.871. The lowest BCUT2D eigenvalue weighted by Crippen LogP contribution is -2.33. The topological polar surface area (TPSA) is 75.7 Å². The standard InChI is InChI=1S/C18H20F2N2O4S/c1-3-26-15-7-5-14(6-8-15)22(27(2,24)25)11-10-18(23)21-13-4-9-16(19)17(20)12-13/h4-9,12H,3,10-11H2,1-2H3,(H,21,23). The molecule has 9 heteroatoms. The smallest absolute Gasteiger partial charge is 0.232 e. The second kappa shape index (κ2) is 8.81. The van der Waals surface area contributed by atoms with Crippen LogP contribution in [0.25, 0.3) is 0 Å². The molecule has 2 aromatic carbocycles. The highest BCUT2D eigenvalue weighted by Crippen LogP contribution is 2.22. The van der Waals surface area contributed by atoms with Crippen molar-refractivity contribution in [2.45, 2.75) is 13.3 Å². The number of halogens is 2. The summed E-state index contributed by atoms with van der Waals surface area (Å²) in [6.45, 7) is 2.21. The highest BCUT2D eigenvalue weighted by atomic mass is 32.2. The molecule has 27 heavy (non-hydrogen) atoms. The zero-order valence-corrected chi connectivity index (χ0v) is 15.7. The van der Waals surface area contributed by atoms with Gasteiger partial charge in [-0.3, -0.25) is 9.10 Å². The number of ether oxygens (including phenoxy) is 1. The molecule has 1 amide bonds. The van der Waals surface area contributed by atoms with E-state index in [-0.39, 0.29) is 18.7 Å². The van der Waals surface area contributed by atoms with E-state index in [9.17, 15) is 22.0 Å². The number of anilines is 2. The van der Waals surface area contributed by atoms with Gasteiger partial charge in [0.15, 0.2) is 11.6 Å². The molecule has 0 atom stereocenters. The Morgan fingerprint density at radius 1 is 1.11 bits per heavy atom. The molecule has 0 aliphatic heterocycles. The molecule has 2 rings (SSSR count). The van der Waals surface area contributed by atoms with Gasteiger partial charge in [0.1, 0.15) is 5.75 Å². The van der Waals surface area contributed by atoms with E-state index in [4.69, 9.17) is 4.74 Å². The first-order chi connectivity index (χ1) is 12.7. The molecule has 0 fully saturated rings. The highest BCUT2D eigenvalue weighted by molar-refractivity contribution is 7.92. The van der Waals surface area contributed by atoms with Crippen LogP contribution in [0.4, 0.5) is 20.2 Å². The fourth-order valence-electron chi connectivity index (χ4n) is 2.36. The summed E-state index contributed by atoms with van der Waals surface area (Å²) in [7, 11) is -3.62. The number of amides is 1. The summed E-state index contributed by atoms with van der Waals surface area (Å²) in [5, 5.41) is 2.41. The van der Waals surface area contributed by atoms with Crippen LogP contribution in [0.5, 0.6) is 5.75 Å². The molecule has 146 valence electrons. The van der Waals surface area contributed by atoms with Crippen LogP contribution < -0.4 is 14.4 Å². The number of rotatable bonds is 8. The van der Waals surface area contributed by atoms with Crippen LogP contribution >= 0.6 is 0 Å². The van der Waals surface area contributed by atoms with Crippen molar-refractivity contribution in [1.82, 2.24) is 0 Å². The zero-order chi connectivity index (χ0) is 20.0. The van der Waals surface area contributed by atoms with Gasteiger partial charge in [0.05, 0.1) is 18.6 Å². The fraction of sp³-hybridized carbons (Fsp3) is 0.278. The number of hydrogen-bond donors (Lipinski definition) is 1. The van der Waals surface area contributed by atoms with Gasteiger partial charge in [0.25, 0.3) is 0 Å². The van der Waals surface area contributed by atoms with E-state index >= 15 is 0 Å². The first-order valence-corrected chi connectivity index (χ1v) is 10.0. The van der Waals surface area contributed by atoms with Crippen LogP contribution in [0.15, 0.2) is 42.5 Å². The lowest BCUT2D eigenvalue weighted by atomic mass is 10.2. The Morgan fingerprint density at radius 2 is 1.78 bits per heavy atom. The Hall–Kier alpha value is -2.68. The summed E-state index contributed by atoms with van der Waals surface area (Å²) >= 11 is 0. The quantitative estimate of drug-likeness (QED) is 0.741. The van der Waals surface area contributed by atoms with E-state index in [0.29, 0.717) is 18.0 Å². The Labute approximate surface area is 156 Å². The van der Waals surface area contributed by atoms with Crippen molar-refractivity contribution in [2.75, 3.05) is 29.0 Å². The molecule has 0 unspecified atom stereocenters. The largest absolute Gasteiger partial charge is 0.494 e. The Bertz CT molecular complexity index is 902. The van der Waals surface area contributed by atoms with Crippen LogP contribution in [-0.2, 0) is 14.8 Å². The zero-order valence-electron chi connectivity index (χ0n) is 14.9. The number of carbonyl (C=O) groups is 1. The van der Waals surface area contributed by atoms with Gasteiger partial charge < -0.3 is 10.1 Å². The summed E-state index contributed by atoms with van der Waals surface area (Å²) in [6, 6.07) is 9.41. The van der Waals surface area contributed by atoms with Crippen molar-refractivity contribution in [1.29, 1.82) is 0 Å². The average Bonchev–Trinajstić information content (AvgIpc) is 2.59.